The topological polar surface area (TPSA) is 3.24 Å². The Hall–Kier alpha value is -6.90. The fourth-order valence-corrected chi connectivity index (χ4v) is 11.8. The second-order valence-corrected chi connectivity index (χ2v) is 25.9. The van der Waals surface area contributed by atoms with Gasteiger partial charge in [0.15, 0.2) is 0 Å². The molecule has 0 aliphatic rings. The van der Waals surface area contributed by atoms with Gasteiger partial charge in [0.2, 0.25) is 6.71 Å². The first-order valence-corrected chi connectivity index (χ1v) is 28.8. The molecular weight excluding hydrogens is 938 g/mol. The van der Waals surface area contributed by atoms with E-state index < -0.39 is 0 Å². The highest BCUT2D eigenvalue weighted by Gasteiger charge is 2.35. The number of anilines is 3. The van der Waals surface area contributed by atoms with Gasteiger partial charge in [-0.15, -0.1) is 0 Å². The zero-order valence-corrected chi connectivity index (χ0v) is 50.5. The van der Waals surface area contributed by atoms with Crippen LogP contribution >= 0.6 is 0 Å². The van der Waals surface area contributed by atoms with Gasteiger partial charge in [0.1, 0.15) is 0 Å². The number of aryl methyl sites for hydroxylation is 3. The van der Waals surface area contributed by atoms with Gasteiger partial charge in [0, 0.05) is 33.3 Å². The van der Waals surface area contributed by atoms with Crippen LogP contribution in [0, 0.1) is 20.8 Å². The molecule has 2 heteroatoms. The highest BCUT2D eigenvalue weighted by molar-refractivity contribution is 6.96. The number of allylic oxidation sites excluding steroid dienone is 4. The lowest BCUT2D eigenvalue weighted by molar-refractivity contribution is 0.590. The third kappa shape index (κ3) is 12.0. The smallest absolute Gasteiger partial charge is 0.242 e. The number of hydrogen-bond donors (Lipinski definition) is 0. The predicted molar refractivity (Wildman–Crippen MR) is 343 cm³/mol. The van der Waals surface area contributed by atoms with Gasteiger partial charge in [-0.2, -0.15) is 0 Å². The summed E-state index contributed by atoms with van der Waals surface area (Å²) in [5, 5.41) is 0. The largest absolute Gasteiger partial charge is 0.310 e. The minimum atomic E-state index is -0.255. The van der Waals surface area contributed by atoms with Gasteiger partial charge >= 0.3 is 0 Å². The maximum atomic E-state index is 2.59. The van der Waals surface area contributed by atoms with Crippen molar-refractivity contribution in [1.29, 1.82) is 0 Å². The van der Waals surface area contributed by atoms with Gasteiger partial charge in [-0.05, 0) is 143 Å². The maximum absolute atomic E-state index is 2.59. The van der Waals surface area contributed by atoms with Gasteiger partial charge in [-0.3, -0.25) is 0 Å². The molecule has 0 atom stereocenters. The first-order valence-electron chi connectivity index (χ1n) is 28.8. The van der Waals surface area contributed by atoms with E-state index in [2.05, 4.69) is 323 Å². The van der Waals surface area contributed by atoms with Crippen LogP contribution in [0.4, 0.5) is 17.1 Å². The van der Waals surface area contributed by atoms with E-state index in [1.54, 1.807) is 0 Å². The number of rotatable bonds is 16. The van der Waals surface area contributed by atoms with E-state index >= 15 is 0 Å². The quantitative estimate of drug-likeness (QED) is 0.0689. The molecule has 0 saturated heterocycles. The van der Waals surface area contributed by atoms with Crippen molar-refractivity contribution in [2.24, 2.45) is 0 Å². The molecule has 0 fully saturated rings. The van der Waals surface area contributed by atoms with E-state index in [0.29, 0.717) is 0 Å². The van der Waals surface area contributed by atoms with E-state index in [9.17, 15) is 0 Å². The minimum Gasteiger partial charge on any atom is -0.310 e. The average molecular weight is 1030 g/mol. The SMILES string of the molecule is C/C=C(\C=C/CC)C(C)(C)c1ccc(Cc2ccc(C(C)(C)c3ccccc3)cc2)c(B(c2cc(C(C)(C)c3ccccc3)ccc2C)c2c(C)cc(N(c3ccc(C(C)(C)C)cc3)c3ccc(C(C)(C)C)cc3)cc2C)c1. The highest BCUT2D eigenvalue weighted by Crippen LogP contribution is 2.40. The van der Waals surface area contributed by atoms with Crippen molar-refractivity contribution >= 4 is 40.2 Å². The summed E-state index contributed by atoms with van der Waals surface area (Å²) >= 11 is 0. The van der Waals surface area contributed by atoms with Crippen molar-refractivity contribution in [1.82, 2.24) is 0 Å². The lowest BCUT2D eigenvalue weighted by Gasteiger charge is -2.33. The van der Waals surface area contributed by atoms with Crippen LogP contribution in [0.2, 0.25) is 0 Å². The van der Waals surface area contributed by atoms with Gasteiger partial charge in [-0.1, -0.05) is 287 Å². The lowest BCUT2D eigenvalue weighted by atomic mass is 9.33. The molecule has 0 amide bonds. The van der Waals surface area contributed by atoms with Crippen molar-refractivity contribution in [3.05, 3.63) is 273 Å². The molecule has 8 aromatic rings. The Kier molecular flexibility index (Phi) is 16.8. The molecule has 0 aliphatic carbocycles. The number of hydrogen-bond acceptors (Lipinski definition) is 1. The van der Waals surface area contributed by atoms with E-state index in [1.165, 1.54) is 88.7 Å². The van der Waals surface area contributed by atoms with Crippen molar-refractivity contribution in [3.63, 3.8) is 0 Å². The Morgan fingerprint density at radius 1 is 0.436 bits per heavy atom. The molecule has 8 aromatic carbocycles. The molecule has 400 valence electrons. The molecule has 8 rings (SSSR count). The number of nitrogens with zero attached hydrogens (tertiary/aromatic N) is 1. The second-order valence-electron chi connectivity index (χ2n) is 25.9. The fourth-order valence-electron chi connectivity index (χ4n) is 11.8. The summed E-state index contributed by atoms with van der Waals surface area (Å²) in [4.78, 5) is 2.46. The van der Waals surface area contributed by atoms with Crippen LogP contribution in [0.3, 0.4) is 0 Å². The van der Waals surface area contributed by atoms with Gasteiger partial charge < -0.3 is 4.90 Å². The third-order valence-electron chi connectivity index (χ3n) is 17.2. The van der Waals surface area contributed by atoms with Crippen LogP contribution in [0.25, 0.3) is 0 Å². The Bertz CT molecular complexity index is 3310. The van der Waals surface area contributed by atoms with Gasteiger partial charge in [0.25, 0.3) is 0 Å². The Balaban J connectivity index is 1.39. The van der Waals surface area contributed by atoms with Crippen LogP contribution in [0.1, 0.15) is 170 Å². The van der Waals surface area contributed by atoms with Gasteiger partial charge in [-0.25, -0.2) is 0 Å². The van der Waals surface area contributed by atoms with E-state index in [4.69, 9.17) is 0 Å². The molecule has 0 saturated carbocycles. The first kappa shape index (κ1) is 57.3. The number of benzene rings is 8. The van der Waals surface area contributed by atoms with Crippen LogP contribution in [-0.2, 0) is 33.5 Å². The molecule has 0 aromatic heterocycles. The zero-order chi connectivity index (χ0) is 56.4. The van der Waals surface area contributed by atoms with Gasteiger partial charge in [0.05, 0.1) is 0 Å². The monoisotopic (exact) mass is 1030 g/mol. The molecule has 1 nitrogen and oxygen atoms in total. The maximum Gasteiger partial charge on any atom is 0.242 e. The summed E-state index contributed by atoms with van der Waals surface area (Å²) in [6, 6.07) is 69.7. The molecule has 0 heterocycles. The Morgan fingerprint density at radius 3 is 1.35 bits per heavy atom. The molecule has 0 unspecified atom stereocenters. The normalized spacial score (nSPS) is 12.8. The molecule has 0 bridgehead atoms. The standard InChI is InChI=1S/C76H88BN/c1-18-20-27-58(19-2)74(12,13)65-39-35-57(50-56-33-37-63(38-34-56)75(14,15)61-28-23-21-24-29-61)70(52-65)77(69-51-64(36-32-53(69)3)76(16,17)62-30-25-22-26-31-62)71-54(4)48-68(49-55(71)5)78(66-44-40-59(41-45-66)72(6,7)8)67-46-42-60(43-47-67)73(9,10)11/h19-49,51-52H,18,50H2,1-17H3/b27-20-,58-19+. The summed E-state index contributed by atoms with van der Waals surface area (Å²) < 4.78 is 0. The predicted octanol–water partition coefficient (Wildman–Crippen LogP) is 18.6. The summed E-state index contributed by atoms with van der Waals surface area (Å²) in [7, 11) is 0. The molecule has 0 aliphatic heterocycles. The van der Waals surface area contributed by atoms with E-state index in [1.807, 2.05) is 0 Å². The fraction of sp³-hybridized carbons (Fsp3) is 0.316. The molecule has 78 heavy (non-hydrogen) atoms. The first-order chi connectivity index (χ1) is 36.9. The highest BCUT2D eigenvalue weighted by atomic mass is 15.1. The Labute approximate surface area is 472 Å². The Morgan fingerprint density at radius 2 is 0.872 bits per heavy atom. The zero-order valence-electron chi connectivity index (χ0n) is 50.5. The van der Waals surface area contributed by atoms with Crippen LogP contribution in [0.5, 0.6) is 0 Å². The van der Waals surface area contributed by atoms with E-state index in [-0.39, 0.29) is 33.8 Å². The minimum absolute atomic E-state index is 0.0437. The summed E-state index contributed by atoms with van der Waals surface area (Å²) in [6.07, 6.45) is 8.75. The van der Waals surface area contributed by atoms with Crippen molar-refractivity contribution in [2.75, 3.05) is 4.90 Å². The third-order valence-corrected chi connectivity index (χ3v) is 17.2. The van der Waals surface area contributed by atoms with Crippen LogP contribution < -0.4 is 21.3 Å². The molecule has 0 spiro atoms. The van der Waals surface area contributed by atoms with Crippen molar-refractivity contribution in [3.8, 4) is 0 Å². The van der Waals surface area contributed by atoms with E-state index in [0.717, 1.165) is 29.9 Å². The summed E-state index contributed by atoms with van der Waals surface area (Å²) in [6.45, 7) is 39.4. The van der Waals surface area contributed by atoms with Crippen molar-refractivity contribution in [2.45, 2.75) is 158 Å². The van der Waals surface area contributed by atoms with Crippen LogP contribution in [-0.4, -0.2) is 6.71 Å². The van der Waals surface area contributed by atoms with Crippen molar-refractivity contribution < 1.29 is 0 Å². The molecular formula is C76H88BN. The lowest BCUT2D eigenvalue weighted by Crippen LogP contribution is -2.56. The average Bonchev–Trinajstić information content (AvgIpc) is 3.48. The summed E-state index contributed by atoms with van der Waals surface area (Å²) in [5.74, 6) is 0. The summed E-state index contributed by atoms with van der Waals surface area (Å²) in [5.41, 5.74) is 24.0. The molecule has 0 radical (unpaired) electrons. The van der Waals surface area contributed by atoms with Crippen LogP contribution in [0.15, 0.2) is 206 Å². The second kappa shape index (κ2) is 22.8. The molecule has 0 N–H and O–H groups in total.